The molecule has 0 saturated heterocycles. The third kappa shape index (κ3) is 5.08. The molecular weight excluding hydrogens is 324 g/mol. The molecule has 0 radical (unpaired) electrons. The molecule has 0 spiro atoms. The van der Waals surface area contributed by atoms with Crippen molar-refractivity contribution in [2.24, 2.45) is 11.7 Å². The molecule has 0 bridgehead atoms. The van der Waals surface area contributed by atoms with E-state index in [2.05, 4.69) is 16.5 Å². The Balaban J connectivity index is 0.00000288. The van der Waals surface area contributed by atoms with Gasteiger partial charge in [0.15, 0.2) is 0 Å². The molecule has 6 heteroatoms. The predicted molar refractivity (Wildman–Crippen MR) is 99.7 cm³/mol. The Bertz CT molecular complexity index is 654. The normalized spacial score (nSPS) is 13.2. The van der Waals surface area contributed by atoms with E-state index in [0.717, 1.165) is 17.1 Å². The first kappa shape index (κ1) is 20.2. The maximum atomic E-state index is 12.1. The van der Waals surface area contributed by atoms with E-state index < -0.39 is 6.04 Å². The van der Waals surface area contributed by atoms with Crippen LogP contribution in [-0.4, -0.2) is 27.8 Å². The molecule has 3 N–H and O–H groups in total. The van der Waals surface area contributed by atoms with Crippen LogP contribution < -0.4 is 11.1 Å². The summed E-state index contributed by atoms with van der Waals surface area (Å²) in [6.07, 6.45) is 0.701. The molecule has 0 fully saturated rings. The number of nitrogens with one attached hydrogen (secondary N) is 1. The third-order valence-electron chi connectivity index (χ3n) is 3.83. The summed E-state index contributed by atoms with van der Waals surface area (Å²) in [5, 5.41) is 7.55. The molecule has 1 aromatic carbocycles. The van der Waals surface area contributed by atoms with Crippen LogP contribution in [-0.2, 0) is 11.2 Å². The van der Waals surface area contributed by atoms with Crippen LogP contribution in [0.15, 0.2) is 36.4 Å². The van der Waals surface area contributed by atoms with Crippen LogP contribution in [0.2, 0.25) is 0 Å². The lowest BCUT2D eigenvalue weighted by molar-refractivity contribution is -0.123. The zero-order valence-electron chi connectivity index (χ0n) is 14.7. The topological polar surface area (TPSA) is 72.9 Å². The number of benzene rings is 1. The largest absolute Gasteiger partial charge is 0.352 e. The average molecular weight is 351 g/mol. The van der Waals surface area contributed by atoms with Crippen molar-refractivity contribution in [2.75, 3.05) is 0 Å². The Morgan fingerprint density at radius 3 is 2.46 bits per heavy atom. The molecule has 2 rings (SSSR count). The van der Waals surface area contributed by atoms with Gasteiger partial charge in [-0.15, -0.1) is 12.4 Å². The van der Waals surface area contributed by atoms with Gasteiger partial charge in [-0.3, -0.25) is 4.79 Å². The van der Waals surface area contributed by atoms with Gasteiger partial charge in [-0.05, 0) is 38.0 Å². The predicted octanol–water partition coefficient (Wildman–Crippen LogP) is 2.63. The molecular formula is C18H27ClN4O. The Morgan fingerprint density at radius 1 is 1.25 bits per heavy atom. The molecule has 5 nitrogen and oxygen atoms in total. The number of hydrogen-bond acceptors (Lipinski definition) is 3. The van der Waals surface area contributed by atoms with Crippen molar-refractivity contribution in [2.45, 2.75) is 46.2 Å². The van der Waals surface area contributed by atoms with Crippen LogP contribution in [0.3, 0.4) is 0 Å². The number of halogens is 1. The minimum Gasteiger partial charge on any atom is -0.352 e. The number of amides is 1. The van der Waals surface area contributed by atoms with E-state index in [9.17, 15) is 4.79 Å². The van der Waals surface area contributed by atoms with Crippen molar-refractivity contribution in [3.8, 4) is 5.69 Å². The number of nitrogens with zero attached hydrogens (tertiary/aromatic N) is 2. The highest BCUT2D eigenvalue weighted by Gasteiger charge is 2.20. The molecule has 0 saturated carbocycles. The third-order valence-corrected chi connectivity index (χ3v) is 3.83. The molecule has 0 aliphatic rings. The number of hydrogen-bond donors (Lipinski definition) is 2. The maximum absolute atomic E-state index is 12.1. The lowest BCUT2D eigenvalue weighted by Gasteiger charge is -2.20. The van der Waals surface area contributed by atoms with Gasteiger partial charge < -0.3 is 11.1 Å². The van der Waals surface area contributed by atoms with Crippen LogP contribution in [0.1, 0.15) is 32.2 Å². The van der Waals surface area contributed by atoms with Crippen LogP contribution >= 0.6 is 12.4 Å². The molecule has 24 heavy (non-hydrogen) atoms. The van der Waals surface area contributed by atoms with Gasteiger partial charge in [0.25, 0.3) is 0 Å². The van der Waals surface area contributed by atoms with E-state index >= 15 is 0 Å². The fraction of sp³-hybridized carbons (Fsp3) is 0.444. The summed E-state index contributed by atoms with van der Waals surface area (Å²) in [5.74, 6) is 0.0225. The van der Waals surface area contributed by atoms with Gasteiger partial charge >= 0.3 is 0 Å². The number of carbonyl (C=O) groups is 1. The maximum Gasteiger partial charge on any atom is 0.237 e. The second-order valence-electron chi connectivity index (χ2n) is 6.41. The smallest absolute Gasteiger partial charge is 0.237 e. The van der Waals surface area contributed by atoms with Gasteiger partial charge in [0.2, 0.25) is 5.91 Å². The molecule has 0 aliphatic carbocycles. The highest BCUT2D eigenvalue weighted by atomic mass is 35.5. The summed E-state index contributed by atoms with van der Waals surface area (Å²) in [7, 11) is 0. The molecule has 1 amide bonds. The van der Waals surface area contributed by atoms with E-state index in [1.807, 2.05) is 62.7 Å². The first-order valence-electron chi connectivity index (χ1n) is 8.05. The molecule has 1 unspecified atom stereocenters. The zero-order chi connectivity index (χ0) is 17.0. The first-order chi connectivity index (χ1) is 10.9. The van der Waals surface area contributed by atoms with Gasteiger partial charge in [-0.2, -0.15) is 5.10 Å². The summed E-state index contributed by atoms with van der Waals surface area (Å²) >= 11 is 0. The standard InChI is InChI=1S/C18H26N4O.ClH/c1-12(2)17(19)18(23)20-13(3)10-16-11-14(4)21-22(16)15-8-6-5-7-9-15;/h5-9,11-13,17H,10,19H2,1-4H3,(H,20,23);1H/t13?,17-;/m0./s1. The second kappa shape index (κ2) is 8.85. The van der Waals surface area contributed by atoms with Crippen LogP contribution in [0.25, 0.3) is 5.69 Å². The Morgan fingerprint density at radius 2 is 1.88 bits per heavy atom. The summed E-state index contributed by atoms with van der Waals surface area (Å²) < 4.78 is 1.93. The summed E-state index contributed by atoms with van der Waals surface area (Å²) in [5.41, 5.74) is 8.95. The minimum absolute atomic E-state index is 0. The quantitative estimate of drug-likeness (QED) is 0.841. The summed E-state index contributed by atoms with van der Waals surface area (Å²) in [4.78, 5) is 12.1. The van der Waals surface area contributed by atoms with Gasteiger partial charge in [0.05, 0.1) is 17.4 Å². The number of aryl methyl sites for hydroxylation is 1. The monoisotopic (exact) mass is 350 g/mol. The van der Waals surface area contributed by atoms with Gasteiger partial charge in [0.1, 0.15) is 0 Å². The van der Waals surface area contributed by atoms with Crippen molar-refractivity contribution in [3.05, 3.63) is 47.8 Å². The van der Waals surface area contributed by atoms with Gasteiger partial charge in [-0.1, -0.05) is 32.0 Å². The summed E-state index contributed by atoms with van der Waals surface area (Å²) in [6, 6.07) is 11.6. The van der Waals surface area contributed by atoms with Crippen molar-refractivity contribution in [3.63, 3.8) is 0 Å². The van der Waals surface area contributed by atoms with Crippen LogP contribution in [0.5, 0.6) is 0 Å². The molecule has 2 atom stereocenters. The highest BCUT2D eigenvalue weighted by Crippen LogP contribution is 2.14. The van der Waals surface area contributed by atoms with E-state index in [1.165, 1.54) is 0 Å². The zero-order valence-corrected chi connectivity index (χ0v) is 15.5. The number of para-hydroxylation sites is 1. The van der Waals surface area contributed by atoms with Gasteiger partial charge in [0, 0.05) is 18.2 Å². The first-order valence-corrected chi connectivity index (χ1v) is 8.05. The molecule has 132 valence electrons. The van der Waals surface area contributed by atoms with E-state index in [0.29, 0.717) is 6.42 Å². The van der Waals surface area contributed by atoms with Crippen molar-refractivity contribution in [1.29, 1.82) is 0 Å². The number of aromatic nitrogens is 2. The highest BCUT2D eigenvalue weighted by molar-refractivity contribution is 5.85. The lowest BCUT2D eigenvalue weighted by atomic mass is 10.0. The second-order valence-corrected chi connectivity index (χ2v) is 6.41. The molecule has 2 aromatic rings. The van der Waals surface area contributed by atoms with Crippen LogP contribution in [0, 0.1) is 12.8 Å². The van der Waals surface area contributed by atoms with Crippen molar-refractivity contribution in [1.82, 2.24) is 15.1 Å². The lowest BCUT2D eigenvalue weighted by Crippen LogP contribution is -2.47. The number of rotatable bonds is 6. The number of nitrogens with two attached hydrogens (primary N) is 1. The Kier molecular flexibility index (Phi) is 7.45. The van der Waals surface area contributed by atoms with Gasteiger partial charge in [-0.25, -0.2) is 4.68 Å². The van der Waals surface area contributed by atoms with Crippen molar-refractivity contribution < 1.29 is 4.79 Å². The fourth-order valence-corrected chi connectivity index (χ4v) is 2.50. The fourth-order valence-electron chi connectivity index (χ4n) is 2.50. The number of carbonyl (C=O) groups excluding carboxylic acids is 1. The minimum atomic E-state index is -0.474. The average Bonchev–Trinajstić information content (AvgIpc) is 2.87. The van der Waals surface area contributed by atoms with E-state index in [4.69, 9.17) is 5.73 Å². The van der Waals surface area contributed by atoms with E-state index in [1.54, 1.807) is 0 Å². The van der Waals surface area contributed by atoms with Crippen molar-refractivity contribution >= 4 is 18.3 Å². The Hall–Kier alpha value is -1.85. The molecule has 1 heterocycles. The Labute approximate surface area is 150 Å². The van der Waals surface area contributed by atoms with E-state index in [-0.39, 0.29) is 30.3 Å². The summed E-state index contributed by atoms with van der Waals surface area (Å²) in [6.45, 7) is 7.86. The molecule has 0 aliphatic heterocycles. The molecule has 1 aromatic heterocycles. The SMILES string of the molecule is Cc1cc(CC(C)NC(=O)[C@@H](N)C(C)C)n(-c2ccccc2)n1.Cl. The van der Waals surface area contributed by atoms with Crippen LogP contribution in [0.4, 0.5) is 0 Å².